The average Bonchev–Trinajstić information content (AvgIpc) is 2.54. The smallest absolute Gasteiger partial charge is 0.338 e. The van der Waals surface area contributed by atoms with Crippen molar-refractivity contribution >= 4 is 22.6 Å². The molecular formula is C17H20N2O3. The molecule has 2 aromatic rings. The fourth-order valence-corrected chi connectivity index (χ4v) is 2.81. The Labute approximate surface area is 129 Å². The Kier molecular flexibility index (Phi) is 4.24. The molecule has 1 aromatic carbocycles. The topological polar surface area (TPSA) is 51.7 Å². The van der Waals surface area contributed by atoms with Crippen molar-refractivity contribution in [3.8, 4) is 0 Å². The Morgan fingerprint density at radius 1 is 1.45 bits per heavy atom. The number of hydrogen-bond donors (Lipinski definition) is 0. The molecule has 1 aliphatic rings. The number of esters is 1. The van der Waals surface area contributed by atoms with Gasteiger partial charge in [-0.05, 0) is 38.1 Å². The van der Waals surface area contributed by atoms with E-state index in [-0.39, 0.29) is 5.97 Å². The third-order valence-electron chi connectivity index (χ3n) is 3.92. The number of fused-ring (bicyclic) bond motifs is 1. The molecule has 0 bridgehead atoms. The summed E-state index contributed by atoms with van der Waals surface area (Å²) < 4.78 is 10.6. The number of rotatable bonds is 3. The highest BCUT2D eigenvalue weighted by molar-refractivity contribution is 6.04. The number of aromatic nitrogens is 1. The SMILES string of the molecule is CCOC(=O)c1ccnc2ccc(N3CCOCC3C)cc12. The van der Waals surface area contributed by atoms with Crippen LogP contribution in [-0.4, -0.2) is 43.4 Å². The number of ether oxygens (including phenoxy) is 2. The van der Waals surface area contributed by atoms with E-state index >= 15 is 0 Å². The van der Waals surface area contributed by atoms with Crippen LogP contribution in [0.5, 0.6) is 0 Å². The van der Waals surface area contributed by atoms with Gasteiger partial charge < -0.3 is 14.4 Å². The van der Waals surface area contributed by atoms with Gasteiger partial charge in [-0.2, -0.15) is 0 Å². The molecule has 0 saturated carbocycles. The fraction of sp³-hybridized carbons (Fsp3) is 0.412. The maximum absolute atomic E-state index is 12.1. The molecule has 1 atom stereocenters. The summed E-state index contributed by atoms with van der Waals surface area (Å²) in [7, 11) is 0. The fourth-order valence-electron chi connectivity index (χ4n) is 2.81. The van der Waals surface area contributed by atoms with Gasteiger partial charge in [0, 0.05) is 29.9 Å². The third kappa shape index (κ3) is 2.76. The van der Waals surface area contributed by atoms with Crippen LogP contribution in [0.1, 0.15) is 24.2 Å². The zero-order valence-electron chi connectivity index (χ0n) is 12.9. The lowest BCUT2D eigenvalue weighted by Gasteiger charge is -2.35. The van der Waals surface area contributed by atoms with Gasteiger partial charge in [0.05, 0.1) is 30.9 Å². The maximum Gasteiger partial charge on any atom is 0.338 e. The van der Waals surface area contributed by atoms with Crippen LogP contribution in [-0.2, 0) is 9.47 Å². The summed E-state index contributed by atoms with van der Waals surface area (Å²) in [6, 6.07) is 8.05. The number of anilines is 1. The van der Waals surface area contributed by atoms with E-state index < -0.39 is 0 Å². The lowest BCUT2D eigenvalue weighted by Crippen LogP contribution is -2.43. The van der Waals surface area contributed by atoms with Crippen molar-refractivity contribution in [1.29, 1.82) is 0 Å². The lowest BCUT2D eigenvalue weighted by atomic mass is 10.1. The zero-order valence-corrected chi connectivity index (χ0v) is 12.9. The molecule has 1 saturated heterocycles. The van der Waals surface area contributed by atoms with E-state index in [1.54, 1.807) is 12.3 Å². The summed E-state index contributed by atoms with van der Waals surface area (Å²) in [5, 5.41) is 0.831. The first-order valence-corrected chi connectivity index (χ1v) is 7.61. The highest BCUT2D eigenvalue weighted by atomic mass is 16.5. The standard InChI is InChI=1S/C17H20N2O3/c1-3-22-17(20)14-6-7-18-16-5-4-13(10-15(14)16)19-8-9-21-11-12(19)2/h4-7,10,12H,3,8-9,11H2,1-2H3. The van der Waals surface area contributed by atoms with E-state index in [4.69, 9.17) is 9.47 Å². The van der Waals surface area contributed by atoms with Gasteiger partial charge in [0.25, 0.3) is 0 Å². The van der Waals surface area contributed by atoms with Crippen molar-refractivity contribution in [2.24, 2.45) is 0 Å². The minimum atomic E-state index is -0.304. The van der Waals surface area contributed by atoms with Crippen LogP contribution in [0.3, 0.4) is 0 Å². The van der Waals surface area contributed by atoms with Gasteiger partial charge in [0.2, 0.25) is 0 Å². The van der Waals surface area contributed by atoms with Crippen LogP contribution in [0.4, 0.5) is 5.69 Å². The van der Waals surface area contributed by atoms with E-state index in [1.165, 1.54) is 0 Å². The molecule has 116 valence electrons. The van der Waals surface area contributed by atoms with Crippen LogP contribution in [0.25, 0.3) is 10.9 Å². The number of morpholine rings is 1. The molecule has 2 heterocycles. The van der Waals surface area contributed by atoms with Gasteiger partial charge in [-0.1, -0.05) is 0 Å². The van der Waals surface area contributed by atoms with E-state index in [9.17, 15) is 4.79 Å². The number of nitrogens with zero attached hydrogens (tertiary/aromatic N) is 2. The predicted octanol–water partition coefficient (Wildman–Crippen LogP) is 2.64. The summed E-state index contributed by atoms with van der Waals surface area (Å²) in [4.78, 5) is 18.8. The van der Waals surface area contributed by atoms with Gasteiger partial charge in [-0.25, -0.2) is 4.79 Å². The van der Waals surface area contributed by atoms with Crippen LogP contribution in [0, 0.1) is 0 Å². The third-order valence-corrected chi connectivity index (χ3v) is 3.92. The molecule has 1 unspecified atom stereocenters. The minimum absolute atomic E-state index is 0.304. The molecule has 1 aliphatic heterocycles. The second kappa shape index (κ2) is 6.32. The molecule has 1 aromatic heterocycles. The zero-order chi connectivity index (χ0) is 15.5. The van der Waals surface area contributed by atoms with E-state index in [0.29, 0.717) is 18.2 Å². The van der Waals surface area contributed by atoms with Crippen LogP contribution in [0.15, 0.2) is 30.5 Å². The summed E-state index contributed by atoms with van der Waals surface area (Å²) in [6.07, 6.45) is 1.64. The number of carbonyl (C=O) groups is 1. The van der Waals surface area contributed by atoms with E-state index in [0.717, 1.165) is 36.3 Å². The molecule has 22 heavy (non-hydrogen) atoms. The first-order chi connectivity index (χ1) is 10.7. The van der Waals surface area contributed by atoms with Crippen LogP contribution in [0.2, 0.25) is 0 Å². The summed E-state index contributed by atoms with van der Waals surface area (Å²) in [5.41, 5.74) is 2.45. The highest BCUT2D eigenvalue weighted by Crippen LogP contribution is 2.26. The molecule has 1 fully saturated rings. The van der Waals surface area contributed by atoms with E-state index in [2.05, 4.69) is 16.8 Å². The second-order valence-corrected chi connectivity index (χ2v) is 5.40. The number of benzene rings is 1. The molecule has 0 N–H and O–H groups in total. The van der Waals surface area contributed by atoms with Crippen LogP contribution >= 0.6 is 0 Å². The van der Waals surface area contributed by atoms with Crippen LogP contribution < -0.4 is 4.90 Å². The van der Waals surface area contributed by atoms with Crippen molar-refractivity contribution < 1.29 is 14.3 Å². The molecule has 0 amide bonds. The molecule has 0 spiro atoms. The Bertz CT molecular complexity index is 687. The summed E-state index contributed by atoms with van der Waals surface area (Å²) in [6.45, 7) is 6.60. The van der Waals surface area contributed by atoms with Crippen molar-refractivity contribution in [3.63, 3.8) is 0 Å². The maximum atomic E-state index is 12.1. The number of carbonyl (C=O) groups excluding carboxylic acids is 1. The first-order valence-electron chi connectivity index (χ1n) is 7.61. The van der Waals surface area contributed by atoms with E-state index in [1.807, 2.05) is 25.1 Å². The second-order valence-electron chi connectivity index (χ2n) is 5.40. The summed E-state index contributed by atoms with van der Waals surface area (Å²) in [5.74, 6) is -0.304. The van der Waals surface area contributed by atoms with Gasteiger partial charge in [0.15, 0.2) is 0 Å². The summed E-state index contributed by atoms with van der Waals surface area (Å²) >= 11 is 0. The normalized spacial score (nSPS) is 18.5. The van der Waals surface area contributed by atoms with Crippen molar-refractivity contribution in [2.75, 3.05) is 31.3 Å². The molecule has 3 rings (SSSR count). The first kappa shape index (κ1) is 14.8. The minimum Gasteiger partial charge on any atom is -0.462 e. The Morgan fingerprint density at radius 2 is 2.32 bits per heavy atom. The quantitative estimate of drug-likeness (QED) is 0.816. The monoisotopic (exact) mass is 300 g/mol. The van der Waals surface area contributed by atoms with Gasteiger partial charge >= 0.3 is 5.97 Å². The Hall–Kier alpha value is -2.14. The number of hydrogen-bond acceptors (Lipinski definition) is 5. The van der Waals surface area contributed by atoms with Gasteiger partial charge in [-0.15, -0.1) is 0 Å². The van der Waals surface area contributed by atoms with Gasteiger partial charge in [0.1, 0.15) is 0 Å². The largest absolute Gasteiger partial charge is 0.462 e. The predicted molar refractivity (Wildman–Crippen MR) is 85.3 cm³/mol. The Balaban J connectivity index is 2.04. The highest BCUT2D eigenvalue weighted by Gasteiger charge is 2.20. The van der Waals surface area contributed by atoms with Gasteiger partial charge in [-0.3, -0.25) is 4.98 Å². The van der Waals surface area contributed by atoms with Crippen molar-refractivity contribution in [1.82, 2.24) is 4.98 Å². The molecule has 0 aliphatic carbocycles. The molecular weight excluding hydrogens is 280 g/mol. The number of pyridine rings is 1. The molecule has 5 heteroatoms. The average molecular weight is 300 g/mol. The lowest BCUT2D eigenvalue weighted by molar-refractivity contribution is 0.0528. The molecule has 5 nitrogen and oxygen atoms in total. The molecule has 0 radical (unpaired) electrons. The Morgan fingerprint density at radius 3 is 3.09 bits per heavy atom. The van der Waals surface area contributed by atoms with Crippen molar-refractivity contribution in [3.05, 3.63) is 36.0 Å². The van der Waals surface area contributed by atoms with Crippen molar-refractivity contribution in [2.45, 2.75) is 19.9 Å².